The summed E-state index contributed by atoms with van der Waals surface area (Å²) in [4.78, 5) is 35.9. The molecule has 1 aromatic carbocycles. The molecule has 0 radical (unpaired) electrons. The summed E-state index contributed by atoms with van der Waals surface area (Å²) < 4.78 is 9.87. The molecule has 1 aliphatic heterocycles. The van der Waals surface area contributed by atoms with Crippen LogP contribution in [0.3, 0.4) is 0 Å². The molecular weight excluding hydrogens is 288 g/mol. The molecule has 1 fully saturated rings. The Morgan fingerprint density at radius 2 is 2.05 bits per heavy atom. The van der Waals surface area contributed by atoms with E-state index in [0.29, 0.717) is 17.9 Å². The summed E-state index contributed by atoms with van der Waals surface area (Å²) in [5.41, 5.74) is 0.744. The quantitative estimate of drug-likeness (QED) is 0.501. The lowest BCUT2D eigenvalue weighted by molar-refractivity contribution is -0.142. The molecule has 3 amide bonds. The van der Waals surface area contributed by atoms with Gasteiger partial charge >= 0.3 is 12.0 Å². The van der Waals surface area contributed by atoms with Crippen LogP contribution >= 0.6 is 0 Å². The zero-order valence-electron chi connectivity index (χ0n) is 12.3. The van der Waals surface area contributed by atoms with E-state index in [1.54, 1.807) is 31.2 Å². The first kappa shape index (κ1) is 15.6. The first-order valence-corrected chi connectivity index (χ1v) is 6.70. The van der Waals surface area contributed by atoms with E-state index in [2.05, 4.69) is 10.1 Å². The Labute approximate surface area is 127 Å². The van der Waals surface area contributed by atoms with Gasteiger partial charge in [-0.25, -0.2) is 9.59 Å². The Bertz CT molecular complexity index is 639. The maximum atomic E-state index is 12.0. The molecule has 0 saturated carbocycles. The number of imide groups is 1. The number of amides is 3. The highest BCUT2D eigenvalue weighted by molar-refractivity contribution is 6.14. The standard InChI is InChI=1S/C15H16N2O5/c1-3-17-14(19)11(16-15(17)20)8-10-6-4-5-7-12(10)22-9-13(18)21-2/h4-8H,3,9H2,1-2H3,(H,16,20)/b11-8+. The van der Waals surface area contributed by atoms with Gasteiger partial charge in [-0.15, -0.1) is 0 Å². The van der Waals surface area contributed by atoms with Crippen LogP contribution in [0.25, 0.3) is 6.08 Å². The molecule has 0 spiro atoms. The number of methoxy groups -OCH3 is 1. The summed E-state index contributed by atoms with van der Waals surface area (Å²) >= 11 is 0. The summed E-state index contributed by atoms with van der Waals surface area (Å²) in [6.45, 7) is 1.77. The maximum absolute atomic E-state index is 12.0. The molecule has 2 rings (SSSR count). The maximum Gasteiger partial charge on any atom is 0.343 e. The van der Waals surface area contributed by atoms with Crippen LogP contribution in [-0.2, 0) is 14.3 Å². The van der Waals surface area contributed by atoms with Crippen LogP contribution in [0, 0.1) is 0 Å². The highest BCUT2D eigenvalue weighted by Gasteiger charge is 2.32. The van der Waals surface area contributed by atoms with E-state index in [1.807, 2.05) is 0 Å². The molecule has 116 valence electrons. The minimum atomic E-state index is -0.509. The van der Waals surface area contributed by atoms with Crippen molar-refractivity contribution in [3.05, 3.63) is 35.5 Å². The second kappa shape index (κ2) is 6.75. The SMILES string of the molecule is CCN1C(=O)N/C(=C/c2ccccc2OCC(=O)OC)C1=O. The van der Waals surface area contributed by atoms with Crippen molar-refractivity contribution in [3.63, 3.8) is 0 Å². The third-order valence-electron chi connectivity index (χ3n) is 3.07. The third-order valence-corrected chi connectivity index (χ3v) is 3.07. The molecule has 22 heavy (non-hydrogen) atoms. The van der Waals surface area contributed by atoms with Crippen molar-refractivity contribution in [1.82, 2.24) is 10.2 Å². The van der Waals surface area contributed by atoms with E-state index >= 15 is 0 Å². The number of nitrogens with one attached hydrogen (secondary N) is 1. The number of nitrogens with zero attached hydrogens (tertiary/aromatic N) is 1. The Kier molecular flexibility index (Phi) is 4.77. The largest absolute Gasteiger partial charge is 0.481 e. The molecule has 1 aliphatic rings. The predicted octanol–water partition coefficient (Wildman–Crippen LogP) is 1.15. The fourth-order valence-corrected chi connectivity index (χ4v) is 1.94. The van der Waals surface area contributed by atoms with Crippen LogP contribution in [0.4, 0.5) is 4.79 Å². The minimum absolute atomic E-state index is 0.168. The topological polar surface area (TPSA) is 84.9 Å². The summed E-state index contributed by atoms with van der Waals surface area (Å²) in [6, 6.07) is 6.42. The lowest BCUT2D eigenvalue weighted by Crippen LogP contribution is -2.30. The smallest absolute Gasteiger partial charge is 0.343 e. The van der Waals surface area contributed by atoms with Crippen LogP contribution < -0.4 is 10.1 Å². The first-order valence-electron chi connectivity index (χ1n) is 6.70. The van der Waals surface area contributed by atoms with Gasteiger partial charge < -0.3 is 14.8 Å². The third kappa shape index (κ3) is 3.25. The highest BCUT2D eigenvalue weighted by Crippen LogP contribution is 2.22. The van der Waals surface area contributed by atoms with Gasteiger partial charge in [-0.3, -0.25) is 9.69 Å². The Morgan fingerprint density at radius 3 is 2.68 bits per heavy atom. The van der Waals surface area contributed by atoms with Gasteiger partial charge in [-0.2, -0.15) is 0 Å². The van der Waals surface area contributed by atoms with E-state index in [9.17, 15) is 14.4 Å². The van der Waals surface area contributed by atoms with Crippen LogP contribution in [0.5, 0.6) is 5.75 Å². The van der Waals surface area contributed by atoms with Crippen LogP contribution in [0.1, 0.15) is 12.5 Å². The van der Waals surface area contributed by atoms with Gasteiger partial charge in [0.1, 0.15) is 11.4 Å². The van der Waals surface area contributed by atoms with Gasteiger partial charge in [0.05, 0.1) is 7.11 Å². The number of urea groups is 1. The number of likely N-dealkylation sites (N-methyl/N-ethyl adjacent to an activating group) is 1. The Morgan fingerprint density at radius 1 is 1.32 bits per heavy atom. The number of carbonyl (C=O) groups is 3. The van der Waals surface area contributed by atoms with Gasteiger partial charge in [0.15, 0.2) is 6.61 Å². The predicted molar refractivity (Wildman–Crippen MR) is 77.8 cm³/mol. The average molecular weight is 304 g/mol. The van der Waals surface area contributed by atoms with Gasteiger partial charge in [0.2, 0.25) is 0 Å². The van der Waals surface area contributed by atoms with Crippen molar-refractivity contribution >= 4 is 24.0 Å². The van der Waals surface area contributed by atoms with E-state index in [4.69, 9.17) is 4.74 Å². The Balaban J connectivity index is 2.23. The van der Waals surface area contributed by atoms with Crippen LogP contribution in [0.15, 0.2) is 30.0 Å². The van der Waals surface area contributed by atoms with Gasteiger partial charge in [0, 0.05) is 12.1 Å². The van der Waals surface area contributed by atoms with Crippen molar-refractivity contribution in [2.45, 2.75) is 6.92 Å². The summed E-state index contributed by atoms with van der Waals surface area (Å²) in [5.74, 6) is -0.488. The zero-order valence-corrected chi connectivity index (χ0v) is 12.3. The molecular formula is C15H16N2O5. The molecule has 1 saturated heterocycles. The molecule has 0 atom stereocenters. The number of hydrogen-bond acceptors (Lipinski definition) is 5. The van der Waals surface area contributed by atoms with Crippen molar-refractivity contribution < 1.29 is 23.9 Å². The summed E-state index contributed by atoms with van der Waals surface area (Å²) in [5, 5.41) is 2.51. The van der Waals surface area contributed by atoms with Crippen molar-refractivity contribution in [3.8, 4) is 5.75 Å². The van der Waals surface area contributed by atoms with Crippen molar-refractivity contribution in [2.75, 3.05) is 20.3 Å². The van der Waals surface area contributed by atoms with Crippen LogP contribution in [-0.4, -0.2) is 43.1 Å². The number of carbonyl (C=O) groups excluding carboxylic acids is 3. The highest BCUT2D eigenvalue weighted by atomic mass is 16.6. The van der Waals surface area contributed by atoms with E-state index in [0.717, 1.165) is 4.90 Å². The second-order valence-electron chi connectivity index (χ2n) is 4.44. The van der Waals surface area contributed by atoms with Gasteiger partial charge in [-0.05, 0) is 19.1 Å². The molecule has 7 nitrogen and oxygen atoms in total. The van der Waals surface area contributed by atoms with E-state index in [1.165, 1.54) is 13.2 Å². The minimum Gasteiger partial charge on any atom is -0.481 e. The molecule has 1 N–H and O–H groups in total. The average Bonchev–Trinajstić information content (AvgIpc) is 2.79. The molecule has 1 aromatic rings. The fraction of sp³-hybridized carbons (Fsp3) is 0.267. The number of para-hydroxylation sites is 1. The van der Waals surface area contributed by atoms with Gasteiger partial charge in [0.25, 0.3) is 5.91 Å². The molecule has 0 bridgehead atoms. The molecule has 1 heterocycles. The van der Waals surface area contributed by atoms with Crippen molar-refractivity contribution in [1.29, 1.82) is 0 Å². The lowest BCUT2D eigenvalue weighted by atomic mass is 10.1. The van der Waals surface area contributed by atoms with Crippen molar-refractivity contribution in [2.24, 2.45) is 0 Å². The molecule has 7 heteroatoms. The molecule has 0 aromatic heterocycles. The normalized spacial score (nSPS) is 15.9. The monoisotopic (exact) mass is 304 g/mol. The summed E-state index contributed by atoms with van der Waals surface area (Å²) in [7, 11) is 1.27. The number of esters is 1. The lowest BCUT2D eigenvalue weighted by Gasteiger charge is -2.08. The first-order chi connectivity index (χ1) is 10.6. The van der Waals surface area contributed by atoms with E-state index in [-0.39, 0.29) is 12.3 Å². The Hall–Kier alpha value is -2.83. The molecule has 0 unspecified atom stereocenters. The van der Waals surface area contributed by atoms with E-state index < -0.39 is 17.9 Å². The number of hydrogen-bond donors (Lipinski definition) is 1. The fourth-order valence-electron chi connectivity index (χ4n) is 1.94. The zero-order chi connectivity index (χ0) is 16.1. The molecule has 0 aliphatic carbocycles. The number of rotatable bonds is 5. The second-order valence-corrected chi connectivity index (χ2v) is 4.44. The van der Waals surface area contributed by atoms with Crippen LogP contribution in [0.2, 0.25) is 0 Å². The number of ether oxygens (including phenoxy) is 2. The number of benzene rings is 1. The van der Waals surface area contributed by atoms with Gasteiger partial charge in [-0.1, -0.05) is 18.2 Å². The summed E-state index contributed by atoms with van der Waals surface area (Å²) in [6.07, 6.45) is 1.52.